The van der Waals surface area contributed by atoms with E-state index in [0.717, 1.165) is 6.07 Å². The van der Waals surface area contributed by atoms with Crippen LogP contribution in [0.5, 0.6) is 5.75 Å². The summed E-state index contributed by atoms with van der Waals surface area (Å²) in [4.78, 5) is 35.9. The molecule has 0 bridgehead atoms. The molecule has 0 saturated carbocycles. The normalized spacial score (nSPS) is 10.4. The second-order valence-electron chi connectivity index (χ2n) is 6.64. The maximum absolute atomic E-state index is 13.8. The topological polar surface area (TPSA) is 84.5 Å². The summed E-state index contributed by atoms with van der Waals surface area (Å²) in [7, 11) is 0. The molecule has 3 rings (SSSR count). The zero-order valence-corrected chi connectivity index (χ0v) is 16.7. The average molecular weight is 442 g/mol. The van der Waals surface area contributed by atoms with E-state index in [-0.39, 0.29) is 17.9 Å². The molecule has 164 valence electrons. The monoisotopic (exact) mass is 442 g/mol. The molecular weight excluding hydrogens is 425 g/mol. The lowest BCUT2D eigenvalue weighted by atomic mass is 10.1. The summed E-state index contributed by atoms with van der Waals surface area (Å²) in [6.45, 7) is 1.12. The van der Waals surface area contributed by atoms with Crippen molar-refractivity contribution < 1.29 is 32.3 Å². The Bertz CT molecular complexity index is 1200. The van der Waals surface area contributed by atoms with Crippen LogP contribution in [-0.4, -0.2) is 17.8 Å². The zero-order valence-electron chi connectivity index (χ0n) is 16.7. The van der Waals surface area contributed by atoms with Gasteiger partial charge in [0.15, 0.2) is 17.5 Å². The lowest BCUT2D eigenvalue weighted by molar-refractivity contribution is -0.131. The Morgan fingerprint density at radius 3 is 2.38 bits per heavy atom. The van der Waals surface area contributed by atoms with Crippen LogP contribution in [0.2, 0.25) is 0 Å². The van der Waals surface area contributed by atoms with Crippen LogP contribution in [0.25, 0.3) is 0 Å². The molecule has 3 aromatic rings. The fraction of sp³-hybridized carbons (Fsp3) is 0.0870. The molecule has 0 aliphatic heterocycles. The number of nitrogens with one attached hydrogen (secondary N) is 2. The van der Waals surface area contributed by atoms with Gasteiger partial charge in [0.25, 0.3) is 11.8 Å². The van der Waals surface area contributed by atoms with E-state index in [1.54, 1.807) is 30.3 Å². The lowest BCUT2D eigenvalue weighted by Crippen LogP contribution is -2.25. The second-order valence-corrected chi connectivity index (χ2v) is 6.64. The molecule has 2 N–H and O–H groups in total. The maximum atomic E-state index is 13.8. The molecule has 0 radical (unpaired) electrons. The minimum atomic E-state index is -1.73. The summed E-state index contributed by atoms with van der Waals surface area (Å²) in [6, 6.07) is 14.0. The number of hydrogen-bond donors (Lipinski definition) is 2. The van der Waals surface area contributed by atoms with Gasteiger partial charge in [-0.1, -0.05) is 24.3 Å². The van der Waals surface area contributed by atoms with E-state index in [2.05, 4.69) is 10.6 Å². The van der Waals surface area contributed by atoms with Gasteiger partial charge in [-0.3, -0.25) is 14.4 Å². The van der Waals surface area contributed by atoms with Gasteiger partial charge in [-0.25, -0.2) is 13.2 Å². The van der Waals surface area contributed by atoms with E-state index < -0.39 is 40.8 Å². The molecule has 32 heavy (non-hydrogen) atoms. The van der Waals surface area contributed by atoms with Crippen molar-refractivity contribution >= 4 is 23.5 Å². The van der Waals surface area contributed by atoms with Crippen LogP contribution in [0.3, 0.4) is 0 Å². The number of ether oxygens (including phenoxy) is 1. The largest absolute Gasteiger partial charge is 0.427 e. The molecule has 0 aromatic heterocycles. The zero-order chi connectivity index (χ0) is 23.3. The quantitative estimate of drug-likeness (QED) is 0.340. The number of esters is 1. The Hall–Kier alpha value is -4.14. The van der Waals surface area contributed by atoms with Gasteiger partial charge < -0.3 is 15.4 Å². The minimum Gasteiger partial charge on any atom is -0.427 e. The van der Waals surface area contributed by atoms with E-state index in [1.165, 1.54) is 25.1 Å². The summed E-state index contributed by atoms with van der Waals surface area (Å²) in [6.07, 6.45) is 0. The Kier molecular flexibility index (Phi) is 6.89. The van der Waals surface area contributed by atoms with Crippen molar-refractivity contribution in [2.75, 3.05) is 5.32 Å². The number of amides is 2. The summed E-state index contributed by atoms with van der Waals surface area (Å²) >= 11 is 0. The Labute approximate surface area is 181 Å². The van der Waals surface area contributed by atoms with Gasteiger partial charge in [-0.2, -0.15) is 0 Å². The van der Waals surface area contributed by atoms with Gasteiger partial charge >= 0.3 is 5.97 Å². The number of para-hydroxylation sites is 1. The first-order chi connectivity index (χ1) is 15.3. The van der Waals surface area contributed by atoms with Gasteiger partial charge in [0.2, 0.25) is 0 Å². The average Bonchev–Trinajstić information content (AvgIpc) is 2.76. The number of anilines is 1. The summed E-state index contributed by atoms with van der Waals surface area (Å²) in [5.74, 6) is -6.48. The van der Waals surface area contributed by atoms with Crippen molar-refractivity contribution in [2.24, 2.45) is 0 Å². The van der Waals surface area contributed by atoms with Crippen LogP contribution in [0.1, 0.15) is 33.2 Å². The summed E-state index contributed by atoms with van der Waals surface area (Å²) in [5, 5.41) is 5.09. The molecule has 6 nitrogen and oxygen atoms in total. The predicted molar refractivity (Wildman–Crippen MR) is 110 cm³/mol. The van der Waals surface area contributed by atoms with E-state index in [0.29, 0.717) is 17.3 Å². The predicted octanol–water partition coefficient (Wildman–Crippen LogP) is 4.21. The van der Waals surface area contributed by atoms with Gasteiger partial charge in [-0.15, -0.1) is 0 Å². The standard InChI is InChI=1S/C23H17F3N2O4/c1-13(29)32-16-7-4-6-14(11-16)22(30)28-19-8-3-2-5-15(19)12-27-23(31)17-9-10-18(24)21(26)20(17)25/h2-11H,12H2,1H3,(H,27,31)(H,28,30). The van der Waals surface area contributed by atoms with Gasteiger partial charge in [0.1, 0.15) is 5.75 Å². The molecule has 9 heteroatoms. The molecule has 0 atom stereocenters. The van der Waals surface area contributed by atoms with Crippen molar-refractivity contribution in [3.8, 4) is 5.75 Å². The highest BCUT2D eigenvalue weighted by Crippen LogP contribution is 2.20. The molecule has 3 aromatic carbocycles. The summed E-state index contributed by atoms with van der Waals surface area (Å²) in [5.41, 5.74) is 0.425. The second kappa shape index (κ2) is 9.78. The molecule has 0 fully saturated rings. The van der Waals surface area contributed by atoms with Gasteiger partial charge in [-0.05, 0) is 42.0 Å². The van der Waals surface area contributed by atoms with Crippen molar-refractivity contribution in [3.63, 3.8) is 0 Å². The molecular formula is C23H17F3N2O4. The van der Waals surface area contributed by atoms with Gasteiger partial charge in [0, 0.05) is 24.7 Å². The molecule has 0 spiro atoms. The highest BCUT2D eigenvalue weighted by molar-refractivity contribution is 6.05. The first-order valence-corrected chi connectivity index (χ1v) is 9.35. The smallest absolute Gasteiger partial charge is 0.308 e. The number of hydrogen-bond acceptors (Lipinski definition) is 4. The highest BCUT2D eigenvalue weighted by Gasteiger charge is 2.19. The number of carbonyl (C=O) groups is 3. The number of carbonyl (C=O) groups excluding carboxylic acids is 3. The molecule has 0 heterocycles. The minimum absolute atomic E-state index is 0.124. The van der Waals surface area contributed by atoms with Crippen LogP contribution in [0, 0.1) is 17.5 Å². The Morgan fingerprint density at radius 1 is 0.875 bits per heavy atom. The highest BCUT2D eigenvalue weighted by atomic mass is 19.2. The number of benzene rings is 3. The third-order valence-electron chi connectivity index (χ3n) is 4.34. The first kappa shape index (κ1) is 22.5. The van der Waals surface area contributed by atoms with Crippen molar-refractivity contribution in [3.05, 3.63) is 94.8 Å². The molecule has 0 aliphatic carbocycles. The fourth-order valence-electron chi connectivity index (χ4n) is 2.83. The van der Waals surface area contributed by atoms with Gasteiger partial charge in [0.05, 0.1) is 5.56 Å². The van der Waals surface area contributed by atoms with E-state index in [4.69, 9.17) is 4.74 Å². The maximum Gasteiger partial charge on any atom is 0.308 e. The molecule has 2 amide bonds. The van der Waals surface area contributed by atoms with E-state index in [9.17, 15) is 27.6 Å². The molecule has 0 aliphatic rings. The van der Waals surface area contributed by atoms with Crippen molar-refractivity contribution in [1.82, 2.24) is 5.32 Å². The van der Waals surface area contributed by atoms with Crippen molar-refractivity contribution in [1.29, 1.82) is 0 Å². The SMILES string of the molecule is CC(=O)Oc1cccc(C(=O)Nc2ccccc2CNC(=O)c2ccc(F)c(F)c2F)c1. The summed E-state index contributed by atoms with van der Waals surface area (Å²) < 4.78 is 45.2. The molecule has 0 saturated heterocycles. The lowest BCUT2D eigenvalue weighted by Gasteiger charge is -2.13. The number of rotatable bonds is 6. The fourth-order valence-corrected chi connectivity index (χ4v) is 2.83. The van der Waals surface area contributed by atoms with Crippen molar-refractivity contribution in [2.45, 2.75) is 13.5 Å². The van der Waals surface area contributed by atoms with Crippen LogP contribution in [0.15, 0.2) is 60.7 Å². The Morgan fingerprint density at radius 2 is 1.62 bits per heavy atom. The van der Waals surface area contributed by atoms with Crippen LogP contribution >= 0.6 is 0 Å². The Balaban J connectivity index is 1.72. The van der Waals surface area contributed by atoms with Crippen LogP contribution in [-0.2, 0) is 11.3 Å². The third kappa shape index (κ3) is 5.31. The third-order valence-corrected chi connectivity index (χ3v) is 4.34. The molecule has 0 unspecified atom stereocenters. The number of halogens is 3. The first-order valence-electron chi connectivity index (χ1n) is 9.35. The van der Waals surface area contributed by atoms with E-state index in [1.807, 2.05) is 0 Å². The van der Waals surface area contributed by atoms with Crippen LogP contribution < -0.4 is 15.4 Å². The van der Waals surface area contributed by atoms with Crippen LogP contribution in [0.4, 0.5) is 18.9 Å². The van der Waals surface area contributed by atoms with E-state index >= 15 is 0 Å².